The summed E-state index contributed by atoms with van der Waals surface area (Å²) in [5.41, 5.74) is 1.89. The van der Waals surface area contributed by atoms with Gasteiger partial charge in [-0.25, -0.2) is 0 Å². The van der Waals surface area contributed by atoms with Crippen molar-refractivity contribution in [2.75, 3.05) is 6.54 Å². The maximum Gasteiger partial charge on any atom is 0.101 e. The lowest BCUT2D eigenvalue weighted by Crippen LogP contribution is -2.12. The van der Waals surface area contributed by atoms with Crippen LogP contribution in [0.1, 0.15) is 30.0 Å². The Morgan fingerprint density at radius 3 is 3.08 bits per heavy atom. The Labute approximate surface area is 71.4 Å². The molecule has 1 aromatic heterocycles. The molecular formula is C9H11N3. The molecule has 0 bridgehead atoms. The van der Waals surface area contributed by atoms with Gasteiger partial charge in [-0.15, -0.1) is 0 Å². The van der Waals surface area contributed by atoms with Crippen molar-refractivity contribution in [3.05, 3.63) is 23.5 Å². The fourth-order valence-electron chi connectivity index (χ4n) is 1.71. The van der Waals surface area contributed by atoms with Gasteiger partial charge >= 0.3 is 0 Å². The smallest absolute Gasteiger partial charge is 0.101 e. The quantitative estimate of drug-likeness (QED) is 0.652. The van der Waals surface area contributed by atoms with Gasteiger partial charge < -0.3 is 10.3 Å². The molecule has 1 saturated heterocycles. The standard InChI is InChI=1S/C9H11N3/c10-4-7-5-11-6-8(7)9-2-1-3-12-9/h5-6,9,11-12H,1-3H2. The largest absolute Gasteiger partial charge is 0.366 e. The SMILES string of the molecule is N#Cc1c[nH]cc1C1CCCN1. The van der Waals surface area contributed by atoms with Crippen molar-refractivity contribution >= 4 is 0 Å². The van der Waals surface area contributed by atoms with Crippen molar-refractivity contribution in [3.8, 4) is 6.07 Å². The van der Waals surface area contributed by atoms with E-state index in [0.29, 0.717) is 6.04 Å². The number of rotatable bonds is 1. The summed E-state index contributed by atoms with van der Waals surface area (Å²) >= 11 is 0. The molecule has 0 aromatic carbocycles. The summed E-state index contributed by atoms with van der Waals surface area (Å²) in [7, 11) is 0. The monoisotopic (exact) mass is 161 g/mol. The first kappa shape index (κ1) is 7.38. The molecule has 2 N–H and O–H groups in total. The molecule has 0 spiro atoms. The number of nitriles is 1. The summed E-state index contributed by atoms with van der Waals surface area (Å²) in [6.45, 7) is 1.07. The Morgan fingerprint density at radius 2 is 2.42 bits per heavy atom. The topological polar surface area (TPSA) is 51.6 Å². The van der Waals surface area contributed by atoms with Gasteiger partial charge in [-0.3, -0.25) is 0 Å². The molecule has 3 heteroatoms. The van der Waals surface area contributed by atoms with E-state index in [9.17, 15) is 0 Å². The summed E-state index contributed by atoms with van der Waals surface area (Å²) < 4.78 is 0. The highest BCUT2D eigenvalue weighted by Gasteiger charge is 2.19. The zero-order valence-corrected chi connectivity index (χ0v) is 6.80. The van der Waals surface area contributed by atoms with Crippen LogP contribution >= 0.6 is 0 Å². The number of nitrogens with zero attached hydrogens (tertiary/aromatic N) is 1. The third kappa shape index (κ3) is 1.10. The van der Waals surface area contributed by atoms with Crippen molar-refractivity contribution in [3.63, 3.8) is 0 Å². The predicted octanol–water partition coefficient (Wildman–Crippen LogP) is 1.31. The predicted molar refractivity (Wildman–Crippen MR) is 45.5 cm³/mol. The second-order valence-electron chi connectivity index (χ2n) is 3.09. The lowest BCUT2D eigenvalue weighted by molar-refractivity contribution is 0.647. The van der Waals surface area contributed by atoms with E-state index in [0.717, 1.165) is 24.1 Å². The van der Waals surface area contributed by atoms with Gasteiger partial charge in [0.2, 0.25) is 0 Å². The minimum absolute atomic E-state index is 0.394. The Bertz CT molecular complexity index is 302. The van der Waals surface area contributed by atoms with Crippen LogP contribution in [0, 0.1) is 11.3 Å². The van der Waals surface area contributed by atoms with Gasteiger partial charge in [0.1, 0.15) is 6.07 Å². The fourth-order valence-corrected chi connectivity index (χ4v) is 1.71. The van der Waals surface area contributed by atoms with Crippen LogP contribution in [0.25, 0.3) is 0 Å². The summed E-state index contributed by atoms with van der Waals surface area (Å²) in [5, 5.41) is 12.1. The van der Waals surface area contributed by atoms with E-state index in [-0.39, 0.29) is 0 Å². The van der Waals surface area contributed by atoms with Crippen molar-refractivity contribution in [1.82, 2.24) is 10.3 Å². The van der Waals surface area contributed by atoms with Crippen molar-refractivity contribution < 1.29 is 0 Å². The minimum Gasteiger partial charge on any atom is -0.366 e. The fraction of sp³-hybridized carbons (Fsp3) is 0.444. The third-order valence-electron chi connectivity index (χ3n) is 2.33. The summed E-state index contributed by atoms with van der Waals surface area (Å²) in [6.07, 6.45) is 6.03. The van der Waals surface area contributed by atoms with E-state index >= 15 is 0 Å². The second-order valence-corrected chi connectivity index (χ2v) is 3.09. The molecule has 1 unspecified atom stereocenters. The van der Waals surface area contributed by atoms with Crippen LogP contribution in [0.3, 0.4) is 0 Å². The van der Waals surface area contributed by atoms with Crippen LogP contribution in [-0.4, -0.2) is 11.5 Å². The second kappa shape index (κ2) is 3.00. The molecule has 0 aliphatic carbocycles. The maximum absolute atomic E-state index is 8.77. The maximum atomic E-state index is 8.77. The van der Waals surface area contributed by atoms with Crippen molar-refractivity contribution in [2.24, 2.45) is 0 Å². The third-order valence-corrected chi connectivity index (χ3v) is 2.33. The van der Waals surface area contributed by atoms with Gasteiger partial charge in [-0.1, -0.05) is 0 Å². The van der Waals surface area contributed by atoms with Gasteiger partial charge in [0, 0.05) is 24.0 Å². The minimum atomic E-state index is 0.394. The lowest BCUT2D eigenvalue weighted by atomic mass is 10.1. The number of aromatic amines is 1. The zero-order chi connectivity index (χ0) is 8.39. The first-order valence-electron chi connectivity index (χ1n) is 4.22. The first-order chi connectivity index (χ1) is 5.92. The molecule has 1 aromatic rings. The number of aromatic nitrogens is 1. The van der Waals surface area contributed by atoms with Crippen LogP contribution in [-0.2, 0) is 0 Å². The molecule has 0 amide bonds. The highest BCUT2D eigenvalue weighted by molar-refractivity contribution is 5.37. The van der Waals surface area contributed by atoms with E-state index in [2.05, 4.69) is 16.4 Å². The van der Waals surface area contributed by atoms with E-state index in [1.165, 1.54) is 6.42 Å². The number of hydrogen-bond acceptors (Lipinski definition) is 2. The van der Waals surface area contributed by atoms with Crippen LogP contribution in [0.2, 0.25) is 0 Å². The molecular weight excluding hydrogens is 150 g/mol. The van der Waals surface area contributed by atoms with Crippen molar-refractivity contribution in [2.45, 2.75) is 18.9 Å². The van der Waals surface area contributed by atoms with Crippen LogP contribution < -0.4 is 5.32 Å². The summed E-state index contributed by atoms with van der Waals surface area (Å²) in [6, 6.07) is 2.58. The molecule has 12 heavy (non-hydrogen) atoms. The molecule has 1 aliphatic rings. The van der Waals surface area contributed by atoms with Gasteiger partial charge in [0.25, 0.3) is 0 Å². The molecule has 0 radical (unpaired) electrons. The van der Waals surface area contributed by atoms with Crippen LogP contribution in [0.5, 0.6) is 0 Å². The summed E-state index contributed by atoms with van der Waals surface area (Å²) in [4.78, 5) is 2.96. The lowest BCUT2D eigenvalue weighted by Gasteiger charge is -2.07. The van der Waals surface area contributed by atoms with Gasteiger partial charge in [-0.2, -0.15) is 5.26 Å². The number of nitrogens with one attached hydrogen (secondary N) is 2. The van der Waals surface area contributed by atoms with E-state index < -0.39 is 0 Å². The van der Waals surface area contributed by atoms with Gasteiger partial charge in [0.15, 0.2) is 0 Å². The molecule has 0 saturated carbocycles. The molecule has 2 heterocycles. The number of hydrogen-bond donors (Lipinski definition) is 2. The summed E-state index contributed by atoms with van der Waals surface area (Å²) in [5.74, 6) is 0. The van der Waals surface area contributed by atoms with E-state index in [1.54, 1.807) is 6.20 Å². The molecule has 1 aliphatic heterocycles. The highest BCUT2D eigenvalue weighted by Crippen LogP contribution is 2.24. The Kier molecular flexibility index (Phi) is 1.84. The normalized spacial score (nSPS) is 22.4. The zero-order valence-electron chi connectivity index (χ0n) is 6.80. The Balaban J connectivity index is 2.27. The van der Waals surface area contributed by atoms with Gasteiger partial charge in [-0.05, 0) is 19.4 Å². The Hall–Kier alpha value is -1.27. The van der Waals surface area contributed by atoms with Crippen LogP contribution in [0.4, 0.5) is 0 Å². The van der Waals surface area contributed by atoms with Gasteiger partial charge in [0.05, 0.1) is 5.56 Å². The molecule has 3 nitrogen and oxygen atoms in total. The van der Waals surface area contributed by atoms with E-state index in [4.69, 9.17) is 5.26 Å². The van der Waals surface area contributed by atoms with Crippen LogP contribution in [0.15, 0.2) is 12.4 Å². The average molecular weight is 161 g/mol. The molecule has 2 rings (SSSR count). The first-order valence-corrected chi connectivity index (χ1v) is 4.22. The molecule has 62 valence electrons. The molecule has 1 fully saturated rings. The van der Waals surface area contributed by atoms with E-state index in [1.807, 2.05) is 6.20 Å². The highest BCUT2D eigenvalue weighted by atomic mass is 14.9. The van der Waals surface area contributed by atoms with Crippen molar-refractivity contribution in [1.29, 1.82) is 5.26 Å². The number of H-pyrrole nitrogens is 1. The Morgan fingerprint density at radius 1 is 1.50 bits per heavy atom. The molecule has 1 atom stereocenters. The average Bonchev–Trinajstić information content (AvgIpc) is 2.74.